The molecule has 2 aromatic rings. The molecule has 0 bridgehead atoms. The van der Waals surface area contributed by atoms with Crippen molar-refractivity contribution >= 4 is 17.2 Å². The van der Waals surface area contributed by atoms with E-state index in [4.69, 9.17) is 4.74 Å². The number of carbonyl (C=O) groups is 1. The van der Waals surface area contributed by atoms with E-state index in [1.54, 1.807) is 18.2 Å². The van der Waals surface area contributed by atoms with Gasteiger partial charge in [-0.15, -0.1) is 11.3 Å². The van der Waals surface area contributed by atoms with E-state index < -0.39 is 0 Å². The molecule has 6 heteroatoms. The molecule has 0 fully saturated rings. The number of thiazole rings is 1. The molecule has 0 spiro atoms. The second-order valence-electron chi connectivity index (χ2n) is 6.01. The van der Waals surface area contributed by atoms with E-state index in [0.717, 1.165) is 17.1 Å². The molecule has 0 radical (unpaired) electrons. The van der Waals surface area contributed by atoms with Gasteiger partial charge in [0.2, 0.25) is 0 Å². The highest BCUT2D eigenvalue weighted by atomic mass is 32.1. The molecule has 0 aliphatic rings. The summed E-state index contributed by atoms with van der Waals surface area (Å²) in [5, 5.41) is 3.86. The quantitative estimate of drug-likeness (QED) is 0.733. The van der Waals surface area contributed by atoms with Crippen LogP contribution in [0.1, 0.15) is 40.6 Å². The third-order valence-corrected chi connectivity index (χ3v) is 4.51. The zero-order chi connectivity index (χ0) is 17.5. The molecule has 0 unspecified atom stereocenters. The van der Waals surface area contributed by atoms with Crippen molar-refractivity contribution in [3.05, 3.63) is 45.7 Å². The van der Waals surface area contributed by atoms with Gasteiger partial charge >= 0.3 is 0 Å². The number of nitrogens with one attached hydrogen (secondary N) is 1. The highest BCUT2D eigenvalue weighted by molar-refractivity contribution is 7.13. The van der Waals surface area contributed by atoms with Gasteiger partial charge in [-0.2, -0.15) is 0 Å². The van der Waals surface area contributed by atoms with Crippen LogP contribution in [0.5, 0.6) is 5.75 Å². The summed E-state index contributed by atoms with van der Waals surface area (Å²) < 4.78 is 18.7. The van der Waals surface area contributed by atoms with Gasteiger partial charge in [0.05, 0.1) is 17.3 Å². The maximum absolute atomic E-state index is 13.4. The van der Waals surface area contributed by atoms with Gasteiger partial charge in [0, 0.05) is 13.0 Å². The third-order valence-electron chi connectivity index (χ3n) is 3.33. The molecule has 0 aliphatic heterocycles. The number of halogens is 1. The molecular formula is C18H23FN2O2S. The fraction of sp³-hybridized carbons (Fsp3) is 0.444. The Morgan fingerprint density at radius 3 is 2.83 bits per heavy atom. The maximum atomic E-state index is 13.4. The molecular weight excluding hydrogens is 327 g/mol. The van der Waals surface area contributed by atoms with Gasteiger partial charge in [0.15, 0.2) is 11.6 Å². The number of benzene rings is 1. The van der Waals surface area contributed by atoms with Crippen LogP contribution >= 0.6 is 11.3 Å². The first-order chi connectivity index (χ1) is 11.5. The number of para-hydroxylation sites is 1. The van der Waals surface area contributed by atoms with Crippen molar-refractivity contribution < 1.29 is 13.9 Å². The minimum Gasteiger partial charge on any atom is -0.490 e. The number of hydrogen-bond donors (Lipinski definition) is 1. The van der Waals surface area contributed by atoms with Crippen LogP contribution in [0, 0.1) is 18.7 Å². The summed E-state index contributed by atoms with van der Waals surface area (Å²) in [6.45, 7) is 6.94. The van der Waals surface area contributed by atoms with Crippen LogP contribution in [-0.4, -0.2) is 24.0 Å². The van der Waals surface area contributed by atoms with Crippen molar-refractivity contribution in [3.63, 3.8) is 0 Å². The van der Waals surface area contributed by atoms with Crippen molar-refractivity contribution in [2.45, 2.75) is 33.6 Å². The average molecular weight is 350 g/mol. The van der Waals surface area contributed by atoms with E-state index in [-0.39, 0.29) is 17.5 Å². The molecule has 1 heterocycles. The molecule has 4 nitrogen and oxygen atoms in total. The van der Waals surface area contributed by atoms with Gasteiger partial charge in [-0.25, -0.2) is 9.37 Å². The molecule has 1 amide bonds. The Balaban J connectivity index is 1.75. The lowest BCUT2D eigenvalue weighted by atomic mass is 10.1. The van der Waals surface area contributed by atoms with Crippen LogP contribution in [0.4, 0.5) is 4.39 Å². The average Bonchev–Trinajstić information content (AvgIpc) is 2.88. The first-order valence-electron chi connectivity index (χ1n) is 8.09. The van der Waals surface area contributed by atoms with E-state index in [2.05, 4.69) is 24.1 Å². The predicted octanol–water partition coefficient (Wildman–Crippen LogP) is 3.99. The number of ether oxygens (including phenoxy) is 1. The van der Waals surface area contributed by atoms with Crippen LogP contribution in [0.3, 0.4) is 0 Å². The highest BCUT2D eigenvalue weighted by Gasteiger charge is 2.15. The number of rotatable bonds is 8. The lowest BCUT2D eigenvalue weighted by molar-refractivity contribution is 0.0954. The number of aromatic nitrogens is 1. The van der Waals surface area contributed by atoms with Crippen LogP contribution < -0.4 is 10.1 Å². The van der Waals surface area contributed by atoms with Crippen LogP contribution in [0.15, 0.2) is 24.3 Å². The fourth-order valence-electron chi connectivity index (χ4n) is 2.20. The Labute approximate surface area is 146 Å². The Hall–Kier alpha value is -1.95. The van der Waals surface area contributed by atoms with Crippen molar-refractivity contribution in [1.29, 1.82) is 0 Å². The number of nitrogens with zero attached hydrogens (tertiary/aromatic N) is 1. The molecule has 1 aromatic heterocycles. The smallest absolute Gasteiger partial charge is 0.263 e. The summed E-state index contributed by atoms with van der Waals surface area (Å²) in [4.78, 5) is 17.3. The van der Waals surface area contributed by atoms with E-state index in [1.807, 2.05) is 6.92 Å². The van der Waals surface area contributed by atoms with E-state index in [0.29, 0.717) is 30.4 Å². The zero-order valence-electron chi connectivity index (χ0n) is 14.3. The number of amides is 1. The van der Waals surface area contributed by atoms with Gasteiger partial charge < -0.3 is 10.1 Å². The molecule has 1 N–H and O–H groups in total. The molecule has 130 valence electrons. The standard InChI is InChI=1S/C18H23FN2O2S/c1-12(2)11-16-21-13(3)17(24-16)18(22)20-9-6-10-23-15-8-5-4-7-14(15)19/h4-5,7-8,12H,6,9-11H2,1-3H3,(H,20,22). The molecule has 0 aliphatic carbocycles. The summed E-state index contributed by atoms with van der Waals surface area (Å²) in [6.07, 6.45) is 1.49. The Morgan fingerprint density at radius 1 is 1.38 bits per heavy atom. The minimum atomic E-state index is -0.375. The van der Waals surface area contributed by atoms with Crippen molar-refractivity contribution in [1.82, 2.24) is 10.3 Å². The SMILES string of the molecule is Cc1nc(CC(C)C)sc1C(=O)NCCCOc1ccccc1F. The predicted molar refractivity (Wildman–Crippen MR) is 94.2 cm³/mol. The lowest BCUT2D eigenvalue weighted by Crippen LogP contribution is -2.25. The normalized spacial score (nSPS) is 10.9. The Bertz CT molecular complexity index is 685. The summed E-state index contributed by atoms with van der Waals surface area (Å²) in [7, 11) is 0. The Morgan fingerprint density at radius 2 is 2.12 bits per heavy atom. The van der Waals surface area contributed by atoms with E-state index >= 15 is 0 Å². The maximum Gasteiger partial charge on any atom is 0.263 e. The first-order valence-corrected chi connectivity index (χ1v) is 8.91. The third kappa shape index (κ3) is 5.30. The second kappa shape index (κ2) is 8.78. The first kappa shape index (κ1) is 18.4. The Kier molecular flexibility index (Phi) is 6.73. The number of hydrogen-bond acceptors (Lipinski definition) is 4. The van der Waals surface area contributed by atoms with E-state index in [1.165, 1.54) is 17.4 Å². The fourth-order valence-corrected chi connectivity index (χ4v) is 3.39. The highest BCUT2D eigenvalue weighted by Crippen LogP contribution is 2.20. The molecule has 0 saturated carbocycles. The molecule has 24 heavy (non-hydrogen) atoms. The van der Waals surface area contributed by atoms with Crippen molar-refractivity contribution in [2.75, 3.05) is 13.2 Å². The van der Waals surface area contributed by atoms with Gasteiger partial charge in [0.25, 0.3) is 5.91 Å². The summed E-state index contributed by atoms with van der Waals surface area (Å²) in [5.74, 6) is 0.271. The molecule has 0 saturated heterocycles. The topological polar surface area (TPSA) is 51.2 Å². The van der Waals surface area contributed by atoms with Gasteiger partial charge in [0.1, 0.15) is 4.88 Å². The van der Waals surface area contributed by atoms with Crippen LogP contribution in [-0.2, 0) is 6.42 Å². The van der Waals surface area contributed by atoms with Crippen molar-refractivity contribution in [2.24, 2.45) is 5.92 Å². The molecule has 2 rings (SSSR count). The van der Waals surface area contributed by atoms with E-state index in [9.17, 15) is 9.18 Å². The second-order valence-corrected chi connectivity index (χ2v) is 7.09. The number of aryl methyl sites for hydroxylation is 1. The summed E-state index contributed by atoms with van der Waals surface area (Å²) >= 11 is 1.45. The van der Waals surface area contributed by atoms with Gasteiger partial charge in [-0.05, 0) is 31.4 Å². The molecule has 1 aromatic carbocycles. The zero-order valence-corrected chi connectivity index (χ0v) is 15.1. The van der Waals surface area contributed by atoms with Crippen molar-refractivity contribution in [3.8, 4) is 5.75 Å². The van der Waals surface area contributed by atoms with Gasteiger partial charge in [-0.3, -0.25) is 4.79 Å². The van der Waals surface area contributed by atoms with Crippen LogP contribution in [0.25, 0.3) is 0 Å². The van der Waals surface area contributed by atoms with Gasteiger partial charge in [-0.1, -0.05) is 26.0 Å². The summed E-state index contributed by atoms with van der Waals surface area (Å²) in [6, 6.07) is 6.29. The number of carbonyl (C=O) groups excluding carboxylic acids is 1. The minimum absolute atomic E-state index is 0.106. The largest absolute Gasteiger partial charge is 0.490 e. The van der Waals surface area contributed by atoms with Crippen LogP contribution in [0.2, 0.25) is 0 Å². The molecule has 0 atom stereocenters. The monoisotopic (exact) mass is 350 g/mol. The summed E-state index contributed by atoms with van der Waals surface area (Å²) in [5.41, 5.74) is 0.774. The lowest BCUT2D eigenvalue weighted by Gasteiger charge is -2.07.